The Morgan fingerprint density at radius 1 is 1.19 bits per heavy atom. The molecule has 1 N–H and O–H groups in total. The van der Waals surface area contributed by atoms with Crippen LogP contribution in [0.25, 0.3) is 16.9 Å². The number of benzene rings is 1. The number of aromatic nitrogens is 3. The number of fused-ring (bicyclic) bond motifs is 1. The summed E-state index contributed by atoms with van der Waals surface area (Å²) in [5, 5.41) is 6.84. The zero-order chi connectivity index (χ0) is 19.1. The SMILES string of the molecule is CC(C)NC(=O)c1cc2nc(-c3ccc(Cl)cc3)cc(C(F)(F)F)n2n1. The van der Waals surface area contributed by atoms with Crippen molar-refractivity contribution in [1.82, 2.24) is 19.9 Å². The first-order valence-electron chi connectivity index (χ1n) is 7.70. The molecule has 2 heterocycles. The van der Waals surface area contributed by atoms with Crippen molar-refractivity contribution < 1.29 is 18.0 Å². The van der Waals surface area contributed by atoms with E-state index in [2.05, 4.69) is 15.4 Å². The van der Waals surface area contributed by atoms with E-state index in [-0.39, 0.29) is 23.1 Å². The molecule has 0 aliphatic rings. The van der Waals surface area contributed by atoms with Crippen LogP contribution in [-0.4, -0.2) is 26.5 Å². The topological polar surface area (TPSA) is 59.3 Å². The summed E-state index contributed by atoms with van der Waals surface area (Å²) in [5.41, 5.74) is -0.645. The average molecular weight is 383 g/mol. The van der Waals surface area contributed by atoms with Crippen LogP contribution in [0.3, 0.4) is 0 Å². The van der Waals surface area contributed by atoms with Crippen molar-refractivity contribution in [1.29, 1.82) is 0 Å². The molecule has 0 atom stereocenters. The van der Waals surface area contributed by atoms with Crippen molar-refractivity contribution in [2.45, 2.75) is 26.1 Å². The molecule has 1 aromatic carbocycles. The molecular weight excluding hydrogens is 369 g/mol. The summed E-state index contributed by atoms with van der Waals surface area (Å²) in [6.07, 6.45) is -4.67. The molecule has 0 aliphatic heterocycles. The molecule has 0 fully saturated rings. The lowest BCUT2D eigenvalue weighted by Crippen LogP contribution is -2.30. The van der Waals surface area contributed by atoms with E-state index in [9.17, 15) is 18.0 Å². The fraction of sp³-hybridized carbons (Fsp3) is 0.235. The number of rotatable bonds is 3. The maximum Gasteiger partial charge on any atom is 0.433 e. The molecule has 3 rings (SSSR count). The molecule has 0 radical (unpaired) electrons. The number of amides is 1. The molecule has 9 heteroatoms. The lowest BCUT2D eigenvalue weighted by Gasteiger charge is -2.11. The third-order valence-electron chi connectivity index (χ3n) is 3.51. The second kappa shape index (κ2) is 6.60. The second-order valence-electron chi connectivity index (χ2n) is 5.96. The van der Waals surface area contributed by atoms with Crippen molar-refractivity contribution in [2.75, 3.05) is 0 Å². The average Bonchev–Trinajstić information content (AvgIpc) is 2.97. The first-order chi connectivity index (χ1) is 12.1. The minimum atomic E-state index is -4.67. The number of hydrogen-bond donors (Lipinski definition) is 1. The highest BCUT2D eigenvalue weighted by atomic mass is 35.5. The third-order valence-corrected chi connectivity index (χ3v) is 3.76. The Kier molecular flexibility index (Phi) is 4.62. The summed E-state index contributed by atoms with van der Waals surface area (Å²) >= 11 is 5.82. The minimum Gasteiger partial charge on any atom is -0.348 e. The van der Waals surface area contributed by atoms with Crippen LogP contribution in [0.15, 0.2) is 36.4 Å². The van der Waals surface area contributed by atoms with Gasteiger partial charge in [0.25, 0.3) is 5.91 Å². The summed E-state index contributed by atoms with van der Waals surface area (Å²) in [5.74, 6) is -0.563. The van der Waals surface area contributed by atoms with E-state index in [1.165, 1.54) is 6.07 Å². The summed E-state index contributed by atoms with van der Waals surface area (Å²) in [7, 11) is 0. The van der Waals surface area contributed by atoms with Crippen LogP contribution >= 0.6 is 11.6 Å². The predicted octanol–water partition coefficient (Wildman–Crippen LogP) is 4.21. The van der Waals surface area contributed by atoms with Crippen LogP contribution in [0.1, 0.15) is 30.0 Å². The summed E-state index contributed by atoms with van der Waals surface area (Å²) in [6, 6.07) is 8.22. The van der Waals surface area contributed by atoms with E-state index in [1.807, 2.05) is 0 Å². The molecule has 136 valence electrons. The van der Waals surface area contributed by atoms with Crippen LogP contribution in [0.4, 0.5) is 13.2 Å². The Labute approximate surface area is 151 Å². The summed E-state index contributed by atoms with van der Waals surface area (Å²) in [4.78, 5) is 16.3. The first-order valence-corrected chi connectivity index (χ1v) is 8.08. The Morgan fingerprint density at radius 3 is 2.42 bits per heavy atom. The van der Waals surface area contributed by atoms with Gasteiger partial charge in [-0.05, 0) is 32.0 Å². The van der Waals surface area contributed by atoms with Crippen LogP contribution < -0.4 is 5.32 Å². The number of hydrogen-bond acceptors (Lipinski definition) is 3. The predicted molar refractivity (Wildman–Crippen MR) is 91.0 cm³/mol. The van der Waals surface area contributed by atoms with Crippen LogP contribution in [0.5, 0.6) is 0 Å². The molecule has 0 unspecified atom stereocenters. The van der Waals surface area contributed by atoms with Gasteiger partial charge in [-0.15, -0.1) is 0 Å². The van der Waals surface area contributed by atoms with E-state index < -0.39 is 17.8 Å². The standard InChI is InChI=1S/C17H14ClF3N4O/c1-9(2)22-16(26)13-8-15-23-12(10-3-5-11(18)6-4-10)7-14(17(19,20)21)25(15)24-13/h3-9H,1-2H3,(H,22,26). The first kappa shape index (κ1) is 18.2. The van der Waals surface area contributed by atoms with Crippen molar-refractivity contribution >= 4 is 23.2 Å². The smallest absolute Gasteiger partial charge is 0.348 e. The fourth-order valence-electron chi connectivity index (χ4n) is 2.39. The lowest BCUT2D eigenvalue weighted by molar-refractivity contribution is -0.142. The number of alkyl halides is 3. The van der Waals surface area contributed by atoms with Gasteiger partial charge >= 0.3 is 6.18 Å². The number of nitrogens with zero attached hydrogens (tertiary/aromatic N) is 3. The van der Waals surface area contributed by atoms with Gasteiger partial charge in [0, 0.05) is 22.7 Å². The Balaban J connectivity index is 2.17. The molecule has 2 aromatic heterocycles. The molecule has 1 amide bonds. The van der Waals surface area contributed by atoms with E-state index in [1.54, 1.807) is 38.1 Å². The maximum atomic E-state index is 13.5. The highest BCUT2D eigenvalue weighted by molar-refractivity contribution is 6.30. The van der Waals surface area contributed by atoms with E-state index in [0.717, 1.165) is 6.07 Å². The van der Waals surface area contributed by atoms with E-state index in [4.69, 9.17) is 11.6 Å². The van der Waals surface area contributed by atoms with Crippen molar-refractivity contribution in [3.8, 4) is 11.3 Å². The largest absolute Gasteiger partial charge is 0.433 e. The molecule has 0 saturated carbocycles. The molecule has 0 aliphatic carbocycles. The lowest BCUT2D eigenvalue weighted by atomic mass is 10.1. The van der Waals surface area contributed by atoms with Crippen molar-refractivity contribution in [2.24, 2.45) is 0 Å². The van der Waals surface area contributed by atoms with Gasteiger partial charge in [-0.2, -0.15) is 18.3 Å². The Bertz CT molecular complexity index is 965. The van der Waals surface area contributed by atoms with E-state index in [0.29, 0.717) is 15.1 Å². The van der Waals surface area contributed by atoms with Gasteiger partial charge < -0.3 is 5.32 Å². The quantitative estimate of drug-likeness (QED) is 0.738. The van der Waals surface area contributed by atoms with Crippen LogP contribution in [-0.2, 0) is 6.18 Å². The second-order valence-corrected chi connectivity index (χ2v) is 6.40. The minimum absolute atomic E-state index is 0.0707. The molecule has 0 saturated heterocycles. The van der Waals surface area contributed by atoms with Gasteiger partial charge in [0.1, 0.15) is 0 Å². The number of carbonyl (C=O) groups excluding carboxylic acids is 1. The zero-order valence-electron chi connectivity index (χ0n) is 13.8. The Morgan fingerprint density at radius 2 is 1.85 bits per heavy atom. The molecule has 26 heavy (non-hydrogen) atoms. The number of carbonyl (C=O) groups is 1. The van der Waals surface area contributed by atoms with Gasteiger partial charge in [-0.25, -0.2) is 9.50 Å². The molecule has 0 bridgehead atoms. The highest BCUT2D eigenvalue weighted by Gasteiger charge is 2.35. The summed E-state index contributed by atoms with van der Waals surface area (Å²) in [6.45, 7) is 3.48. The van der Waals surface area contributed by atoms with Gasteiger partial charge in [0.05, 0.1) is 5.69 Å². The third kappa shape index (κ3) is 3.65. The number of halogens is 4. The van der Waals surface area contributed by atoms with Gasteiger partial charge in [0.2, 0.25) is 0 Å². The van der Waals surface area contributed by atoms with Crippen LogP contribution in [0, 0.1) is 0 Å². The maximum absolute atomic E-state index is 13.5. The van der Waals surface area contributed by atoms with Crippen molar-refractivity contribution in [3.05, 3.63) is 52.8 Å². The number of nitrogens with one attached hydrogen (secondary N) is 1. The molecular formula is C17H14ClF3N4O. The molecule has 5 nitrogen and oxygen atoms in total. The molecule has 0 spiro atoms. The normalized spacial score (nSPS) is 12.0. The summed E-state index contributed by atoms with van der Waals surface area (Å²) < 4.78 is 41.1. The van der Waals surface area contributed by atoms with Crippen LogP contribution in [0.2, 0.25) is 5.02 Å². The van der Waals surface area contributed by atoms with Gasteiger partial charge in [0.15, 0.2) is 17.0 Å². The monoisotopic (exact) mass is 382 g/mol. The van der Waals surface area contributed by atoms with Gasteiger partial charge in [-0.1, -0.05) is 23.7 Å². The zero-order valence-corrected chi connectivity index (χ0v) is 14.6. The fourth-order valence-corrected chi connectivity index (χ4v) is 2.52. The van der Waals surface area contributed by atoms with E-state index >= 15 is 0 Å². The van der Waals surface area contributed by atoms with Gasteiger partial charge in [-0.3, -0.25) is 4.79 Å². The van der Waals surface area contributed by atoms with Crippen molar-refractivity contribution in [3.63, 3.8) is 0 Å². The highest BCUT2D eigenvalue weighted by Crippen LogP contribution is 2.32. The molecule has 3 aromatic rings. The Hall–Kier alpha value is -2.61.